The van der Waals surface area contributed by atoms with E-state index in [1.165, 1.54) is 29.7 Å². The summed E-state index contributed by atoms with van der Waals surface area (Å²) in [7, 11) is 0. The molecule has 1 aromatic carbocycles. The Morgan fingerprint density at radius 1 is 1.21 bits per heavy atom. The van der Waals surface area contributed by atoms with E-state index in [1.807, 2.05) is 11.3 Å². The van der Waals surface area contributed by atoms with Crippen LogP contribution in [0.1, 0.15) is 40.1 Å². The van der Waals surface area contributed by atoms with Gasteiger partial charge in [0.05, 0.1) is 0 Å². The van der Waals surface area contributed by atoms with Crippen molar-refractivity contribution in [3.05, 3.63) is 57.3 Å². The summed E-state index contributed by atoms with van der Waals surface area (Å²) in [5, 5.41) is 3.60. The number of fused-ring (bicyclic) bond motifs is 1. The van der Waals surface area contributed by atoms with Gasteiger partial charge >= 0.3 is 0 Å². The van der Waals surface area contributed by atoms with E-state index in [4.69, 9.17) is 0 Å². The summed E-state index contributed by atoms with van der Waals surface area (Å²) in [5.74, 6) is 0.577. The summed E-state index contributed by atoms with van der Waals surface area (Å²) in [6.07, 6.45) is 3.96. The molecule has 0 aliphatic heterocycles. The van der Waals surface area contributed by atoms with E-state index in [0.29, 0.717) is 5.92 Å². The van der Waals surface area contributed by atoms with Crippen molar-refractivity contribution < 1.29 is 0 Å². The molecule has 1 aliphatic rings. The third kappa shape index (κ3) is 3.07. The Bertz CT molecular complexity index is 508. The van der Waals surface area contributed by atoms with Crippen molar-refractivity contribution in [3.63, 3.8) is 0 Å². The highest BCUT2D eigenvalue weighted by Gasteiger charge is 2.14. The number of hydrogen-bond acceptors (Lipinski definition) is 2. The molecule has 0 spiro atoms. The predicted octanol–water partition coefficient (Wildman–Crippen LogP) is 4.13. The van der Waals surface area contributed by atoms with E-state index in [9.17, 15) is 0 Å². The molecule has 1 aliphatic carbocycles. The average molecular weight is 271 g/mol. The summed E-state index contributed by atoms with van der Waals surface area (Å²) in [6.45, 7) is 4.36. The maximum absolute atomic E-state index is 3.60. The van der Waals surface area contributed by atoms with Gasteiger partial charge in [0, 0.05) is 22.8 Å². The van der Waals surface area contributed by atoms with E-state index in [0.717, 1.165) is 13.1 Å². The van der Waals surface area contributed by atoms with Gasteiger partial charge < -0.3 is 5.32 Å². The van der Waals surface area contributed by atoms with Crippen molar-refractivity contribution in [2.24, 2.45) is 0 Å². The zero-order valence-electron chi connectivity index (χ0n) is 11.5. The van der Waals surface area contributed by atoms with Crippen LogP contribution in [0.5, 0.6) is 0 Å². The summed E-state index contributed by atoms with van der Waals surface area (Å²) in [4.78, 5) is 3.14. The van der Waals surface area contributed by atoms with Gasteiger partial charge in [0.25, 0.3) is 0 Å². The standard InChI is InChI=1S/C17H21NS/c1-13(14-6-3-2-4-7-14)11-18-12-16-10-15-8-5-9-17(15)19-16/h2-4,6-7,10,13,18H,5,8-9,11-12H2,1H3. The van der Waals surface area contributed by atoms with E-state index in [1.54, 1.807) is 10.4 Å². The second-order valence-electron chi connectivity index (χ2n) is 5.46. The maximum atomic E-state index is 3.60. The molecule has 0 saturated heterocycles. The lowest BCUT2D eigenvalue weighted by Gasteiger charge is -2.12. The van der Waals surface area contributed by atoms with Crippen LogP contribution in [0.4, 0.5) is 0 Å². The van der Waals surface area contributed by atoms with Crippen LogP contribution in [0.2, 0.25) is 0 Å². The first-order valence-corrected chi connectivity index (χ1v) is 8.00. The van der Waals surface area contributed by atoms with Gasteiger partial charge in [0.2, 0.25) is 0 Å². The van der Waals surface area contributed by atoms with Crippen molar-refractivity contribution in [3.8, 4) is 0 Å². The highest BCUT2D eigenvalue weighted by molar-refractivity contribution is 7.12. The Kier molecular flexibility index (Phi) is 4.00. The second-order valence-corrected chi connectivity index (χ2v) is 6.68. The molecule has 19 heavy (non-hydrogen) atoms. The zero-order chi connectivity index (χ0) is 13.1. The monoisotopic (exact) mass is 271 g/mol. The Morgan fingerprint density at radius 3 is 2.84 bits per heavy atom. The lowest BCUT2D eigenvalue weighted by atomic mass is 10.0. The molecule has 0 bridgehead atoms. The highest BCUT2D eigenvalue weighted by Crippen LogP contribution is 2.30. The molecule has 3 rings (SSSR count). The number of thiophene rings is 1. The lowest BCUT2D eigenvalue weighted by Crippen LogP contribution is -2.19. The third-order valence-corrected chi connectivity index (χ3v) is 5.15. The zero-order valence-corrected chi connectivity index (χ0v) is 12.3. The number of nitrogens with one attached hydrogen (secondary N) is 1. The number of benzene rings is 1. The molecule has 100 valence electrons. The van der Waals surface area contributed by atoms with Gasteiger partial charge in [-0.25, -0.2) is 0 Å². The summed E-state index contributed by atoms with van der Waals surface area (Å²) >= 11 is 2.01. The number of hydrogen-bond donors (Lipinski definition) is 1. The summed E-state index contributed by atoms with van der Waals surface area (Å²) < 4.78 is 0. The fraction of sp³-hybridized carbons (Fsp3) is 0.412. The minimum Gasteiger partial charge on any atom is -0.311 e. The molecular weight excluding hydrogens is 250 g/mol. The third-order valence-electron chi connectivity index (χ3n) is 3.92. The van der Waals surface area contributed by atoms with Crippen molar-refractivity contribution in [1.29, 1.82) is 0 Å². The predicted molar refractivity (Wildman–Crippen MR) is 82.9 cm³/mol. The smallest absolute Gasteiger partial charge is 0.0300 e. The van der Waals surface area contributed by atoms with Gasteiger partial charge in [0.15, 0.2) is 0 Å². The van der Waals surface area contributed by atoms with Crippen molar-refractivity contribution in [1.82, 2.24) is 5.32 Å². The molecule has 1 unspecified atom stereocenters. The van der Waals surface area contributed by atoms with E-state index < -0.39 is 0 Å². The second kappa shape index (κ2) is 5.89. The fourth-order valence-corrected chi connectivity index (χ4v) is 4.02. The van der Waals surface area contributed by atoms with Crippen LogP contribution in [-0.4, -0.2) is 6.54 Å². The van der Waals surface area contributed by atoms with E-state index in [2.05, 4.69) is 48.6 Å². The highest BCUT2D eigenvalue weighted by atomic mass is 32.1. The van der Waals surface area contributed by atoms with Crippen molar-refractivity contribution in [2.75, 3.05) is 6.54 Å². The van der Waals surface area contributed by atoms with Gasteiger partial charge in [-0.2, -0.15) is 0 Å². The molecule has 1 nitrogen and oxygen atoms in total. The van der Waals surface area contributed by atoms with Crippen LogP contribution in [-0.2, 0) is 19.4 Å². The minimum atomic E-state index is 0.577. The number of rotatable bonds is 5. The molecular formula is C17H21NS. The van der Waals surface area contributed by atoms with Crippen LogP contribution in [0.15, 0.2) is 36.4 Å². The van der Waals surface area contributed by atoms with Crippen LogP contribution >= 0.6 is 11.3 Å². The Hall–Kier alpha value is -1.12. The Labute approximate surface area is 119 Å². The Balaban J connectivity index is 1.50. The molecule has 1 heterocycles. The molecule has 1 atom stereocenters. The molecule has 1 aromatic heterocycles. The minimum absolute atomic E-state index is 0.577. The van der Waals surface area contributed by atoms with E-state index >= 15 is 0 Å². The topological polar surface area (TPSA) is 12.0 Å². The number of aryl methyl sites for hydroxylation is 2. The summed E-state index contributed by atoms with van der Waals surface area (Å²) in [5.41, 5.74) is 3.03. The lowest BCUT2D eigenvalue weighted by molar-refractivity contribution is 0.619. The maximum Gasteiger partial charge on any atom is 0.0300 e. The van der Waals surface area contributed by atoms with Crippen LogP contribution in [0.3, 0.4) is 0 Å². The summed E-state index contributed by atoms with van der Waals surface area (Å²) in [6, 6.07) is 13.2. The normalized spacial score (nSPS) is 15.4. The van der Waals surface area contributed by atoms with Crippen LogP contribution in [0, 0.1) is 0 Å². The molecule has 1 N–H and O–H groups in total. The van der Waals surface area contributed by atoms with Gasteiger partial charge in [-0.05, 0) is 42.4 Å². The van der Waals surface area contributed by atoms with Crippen molar-refractivity contribution >= 4 is 11.3 Å². The first kappa shape index (κ1) is 12.9. The van der Waals surface area contributed by atoms with Gasteiger partial charge in [0.1, 0.15) is 0 Å². The van der Waals surface area contributed by atoms with Crippen LogP contribution < -0.4 is 5.32 Å². The molecule has 0 radical (unpaired) electrons. The fourth-order valence-electron chi connectivity index (χ4n) is 2.79. The molecule has 2 aromatic rings. The van der Waals surface area contributed by atoms with Gasteiger partial charge in [-0.3, -0.25) is 0 Å². The largest absolute Gasteiger partial charge is 0.311 e. The average Bonchev–Trinajstić information content (AvgIpc) is 3.00. The Morgan fingerprint density at radius 2 is 2.05 bits per heavy atom. The first-order valence-electron chi connectivity index (χ1n) is 7.19. The molecule has 0 amide bonds. The van der Waals surface area contributed by atoms with Crippen molar-refractivity contribution in [2.45, 2.75) is 38.6 Å². The quantitative estimate of drug-likeness (QED) is 0.862. The molecule has 2 heteroatoms. The molecule has 0 fully saturated rings. The van der Waals surface area contributed by atoms with Gasteiger partial charge in [-0.15, -0.1) is 11.3 Å². The van der Waals surface area contributed by atoms with Crippen LogP contribution in [0.25, 0.3) is 0 Å². The first-order chi connectivity index (χ1) is 9.33. The SMILES string of the molecule is CC(CNCc1cc2c(s1)CCC2)c1ccccc1. The molecule has 0 saturated carbocycles. The van der Waals surface area contributed by atoms with Gasteiger partial charge in [-0.1, -0.05) is 37.3 Å². The van der Waals surface area contributed by atoms with E-state index in [-0.39, 0.29) is 0 Å².